The SMILES string of the molecule is O=C(O)c1cc(Br)cnc1NC1CC=CCC1. The fourth-order valence-electron chi connectivity index (χ4n) is 1.84. The highest BCUT2D eigenvalue weighted by atomic mass is 79.9. The molecule has 1 atom stereocenters. The number of anilines is 1. The van der Waals surface area contributed by atoms with Gasteiger partial charge in [-0.25, -0.2) is 9.78 Å². The van der Waals surface area contributed by atoms with Gasteiger partial charge in [0.15, 0.2) is 0 Å². The van der Waals surface area contributed by atoms with Crippen molar-refractivity contribution < 1.29 is 9.90 Å². The van der Waals surface area contributed by atoms with Crippen LogP contribution in [0.4, 0.5) is 5.82 Å². The Labute approximate surface area is 108 Å². The second kappa shape index (κ2) is 5.31. The number of halogens is 1. The third-order valence-electron chi connectivity index (χ3n) is 2.69. The number of aromatic carboxylic acids is 1. The van der Waals surface area contributed by atoms with Crippen molar-refractivity contribution in [2.75, 3.05) is 5.32 Å². The molecule has 1 aliphatic rings. The van der Waals surface area contributed by atoms with Gasteiger partial charge in [0.1, 0.15) is 11.4 Å². The van der Waals surface area contributed by atoms with Crippen LogP contribution in [0.2, 0.25) is 0 Å². The van der Waals surface area contributed by atoms with Gasteiger partial charge in [-0.2, -0.15) is 0 Å². The molecule has 0 amide bonds. The standard InChI is InChI=1S/C12H13BrN2O2/c13-8-6-10(12(16)17)11(14-7-8)15-9-4-2-1-3-5-9/h1-2,6-7,9H,3-5H2,(H,14,15)(H,16,17). The number of allylic oxidation sites excluding steroid dienone is 1. The summed E-state index contributed by atoms with van der Waals surface area (Å²) in [4.78, 5) is 15.2. The van der Waals surface area contributed by atoms with Crippen LogP contribution in [0.15, 0.2) is 28.9 Å². The van der Waals surface area contributed by atoms with E-state index in [1.807, 2.05) is 0 Å². The molecule has 0 spiro atoms. The summed E-state index contributed by atoms with van der Waals surface area (Å²) in [5.74, 6) is -0.520. The average molecular weight is 297 g/mol. The molecule has 4 nitrogen and oxygen atoms in total. The maximum absolute atomic E-state index is 11.1. The molecule has 5 heteroatoms. The molecule has 0 saturated carbocycles. The minimum absolute atomic E-state index is 0.203. The normalized spacial score (nSPS) is 19.0. The number of nitrogens with zero attached hydrogens (tertiary/aromatic N) is 1. The number of carboxylic acid groups (broad SMARTS) is 1. The zero-order valence-corrected chi connectivity index (χ0v) is 10.8. The second-order valence-electron chi connectivity index (χ2n) is 3.98. The summed E-state index contributed by atoms with van der Waals surface area (Å²) in [6, 6.07) is 1.84. The van der Waals surface area contributed by atoms with E-state index in [1.54, 1.807) is 12.3 Å². The molecule has 1 unspecified atom stereocenters. The molecule has 17 heavy (non-hydrogen) atoms. The van der Waals surface area contributed by atoms with Crippen LogP contribution in [0.5, 0.6) is 0 Å². The molecule has 0 bridgehead atoms. The Morgan fingerprint density at radius 3 is 3.00 bits per heavy atom. The van der Waals surface area contributed by atoms with E-state index in [1.165, 1.54) is 0 Å². The predicted molar refractivity (Wildman–Crippen MR) is 69.3 cm³/mol. The molecular formula is C12H13BrN2O2. The first kappa shape index (κ1) is 12.1. The van der Waals surface area contributed by atoms with E-state index in [-0.39, 0.29) is 11.6 Å². The quantitative estimate of drug-likeness (QED) is 0.842. The van der Waals surface area contributed by atoms with Crippen molar-refractivity contribution in [3.8, 4) is 0 Å². The van der Waals surface area contributed by atoms with Crippen molar-refractivity contribution in [1.82, 2.24) is 4.98 Å². The van der Waals surface area contributed by atoms with E-state index >= 15 is 0 Å². The smallest absolute Gasteiger partial charge is 0.339 e. The van der Waals surface area contributed by atoms with Crippen molar-refractivity contribution in [2.45, 2.75) is 25.3 Å². The van der Waals surface area contributed by atoms with Gasteiger partial charge in [0.2, 0.25) is 0 Å². The lowest BCUT2D eigenvalue weighted by Crippen LogP contribution is -2.22. The molecule has 1 heterocycles. The molecule has 1 aliphatic carbocycles. The lowest BCUT2D eigenvalue weighted by molar-refractivity contribution is 0.0697. The van der Waals surface area contributed by atoms with Gasteiger partial charge in [0, 0.05) is 16.7 Å². The minimum atomic E-state index is -0.965. The van der Waals surface area contributed by atoms with Crippen molar-refractivity contribution in [3.05, 3.63) is 34.5 Å². The molecule has 0 aliphatic heterocycles. The maximum Gasteiger partial charge on any atom is 0.339 e. The summed E-state index contributed by atoms with van der Waals surface area (Å²) in [6.07, 6.45) is 8.81. The molecule has 90 valence electrons. The van der Waals surface area contributed by atoms with Crippen LogP contribution in [-0.2, 0) is 0 Å². The van der Waals surface area contributed by atoms with Crippen molar-refractivity contribution >= 4 is 27.7 Å². The average Bonchev–Trinajstić information content (AvgIpc) is 2.32. The Hall–Kier alpha value is -1.36. The van der Waals surface area contributed by atoms with E-state index < -0.39 is 5.97 Å². The monoisotopic (exact) mass is 296 g/mol. The minimum Gasteiger partial charge on any atom is -0.478 e. The molecule has 0 fully saturated rings. The number of hydrogen-bond donors (Lipinski definition) is 2. The summed E-state index contributed by atoms with van der Waals surface area (Å²) in [5, 5.41) is 12.3. The van der Waals surface area contributed by atoms with Gasteiger partial charge in [0.05, 0.1) is 0 Å². The first-order chi connectivity index (χ1) is 8.16. The van der Waals surface area contributed by atoms with Crippen LogP contribution in [0, 0.1) is 0 Å². The second-order valence-corrected chi connectivity index (χ2v) is 4.90. The summed E-state index contributed by atoms with van der Waals surface area (Å²) >= 11 is 3.23. The lowest BCUT2D eigenvalue weighted by Gasteiger charge is -2.20. The number of carbonyl (C=O) groups is 1. The van der Waals surface area contributed by atoms with Gasteiger partial charge in [-0.1, -0.05) is 12.2 Å². The third-order valence-corrected chi connectivity index (χ3v) is 3.13. The number of rotatable bonds is 3. The Kier molecular flexibility index (Phi) is 3.78. The van der Waals surface area contributed by atoms with Crippen LogP contribution < -0.4 is 5.32 Å². The van der Waals surface area contributed by atoms with Crippen molar-refractivity contribution in [3.63, 3.8) is 0 Å². The topological polar surface area (TPSA) is 62.2 Å². The Morgan fingerprint density at radius 2 is 2.35 bits per heavy atom. The predicted octanol–water partition coefficient (Wildman–Crippen LogP) is 3.06. The van der Waals surface area contributed by atoms with E-state index in [4.69, 9.17) is 5.11 Å². The van der Waals surface area contributed by atoms with E-state index in [9.17, 15) is 4.79 Å². The number of carboxylic acids is 1. The fraction of sp³-hybridized carbons (Fsp3) is 0.333. The van der Waals surface area contributed by atoms with Crippen LogP contribution in [-0.4, -0.2) is 22.1 Å². The molecule has 2 N–H and O–H groups in total. The van der Waals surface area contributed by atoms with Crippen molar-refractivity contribution in [1.29, 1.82) is 0 Å². The Bertz CT molecular complexity index is 460. The first-order valence-electron chi connectivity index (χ1n) is 5.47. The van der Waals surface area contributed by atoms with Crippen molar-refractivity contribution in [2.24, 2.45) is 0 Å². The molecular weight excluding hydrogens is 284 g/mol. The molecule has 2 rings (SSSR count). The van der Waals surface area contributed by atoms with Crippen LogP contribution in [0.1, 0.15) is 29.6 Å². The zero-order valence-electron chi connectivity index (χ0n) is 9.19. The summed E-state index contributed by atoms with van der Waals surface area (Å²) in [6.45, 7) is 0. The van der Waals surface area contributed by atoms with Gasteiger partial charge >= 0.3 is 5.97 Å². The largest absolute Gasteiger partial charge is 0.478 e. The summed E-state index contributed by atoms with van der Waals surface area (Å²) < 4.78 is 0.670. The Balaban J connectivity index is 2.19. The summed E-state index contributed by atoms with van der Waals surface area (Å²) in [5.41, 5.74) is 0.203. The number of aromatic nitrogens is 1. The molecule has 0 radical (unpaired) electrons. The van der Waals surface area contributed by atoms with Gasteiger partial charge in [-0.05, 0) is 41.3 Å². The highest BCUT2D eigenvalue weighted by Crippen LogP contribution is 2.21. The summed E-state index contributed by atoms with van der Waals surface area (Å²) in [7, 11) is 0. The van der Waals surface area contributed by atoms with E-state index in [0.29, 0.717) is 10.3 Å². The highest BCUT2D eigenvalue weighted by Gasteiger charge is 2.16. The van der Waals surface area contributed by atoms with Gasteiger partial charge in [-0.15, -0.1) is 0 Å². The fourth-order valence-corrected chi connectivity index (χ4v) is 2.17. The number of hydrogen-bond acceptors (Lipinski definition) is 3. The van der Waals surface area contributed by atoms with Crippen LogP contribution in [0.25, 0.3) is 0 Å². The molecule has 0 saturated heterocycles. The van der Waals surface area contributed by atoms with Crippen LogP contribution >= 0.6 is 15.9 Å². The van der Waals surface area contributed by atoms with E-state index in [0.717, 1.165) is 19.3 Å². The van der Waals surface area contributed by atoms with Gasteiger partial charge < -0.3 is 10.4 Å². The van der Waals surface area contributed by atoms with Crippen LogP contribution in [0.3, 0.4) is 0 Å². The van der Waals surface area contributed by atoms with Gasteiger partial charge in [-0.3, -0.25) is 0 Å². The number of nitrogens with one attached hydrogen (secondary N) is 1. The zero-order chi connectivity index (χ0) is 12.3. The molecule has 1 aromatic rings. The van der Waals surface area contributed by atoms with Gasteiger partial charge in [0.25, 0.3) is 0 Å². The third kappa shape index (κ3) is 3.06. The highest BCUT2D eigenvalue weighted by molar-refractivity contribution is 9.10. The maximum atomic E-state index is 11.1. The lowest BCUT2D eigenvalue weighted by atomic mass is 10.0. The first-order valence-corrected chi connectivity index (χ1v) is 6.26. The Morgan fingerprint density at radius 1 is 1.53 bits per heavy atom. The van der Waals surface area contributed by atoms with E-state index in [2.05, 4.69) is 38.4 Å². The molecule has 1 aromatic heterocycles. The number of pyridine rings is 1. The molecule has 0 aromatic carbocycles.